The second kappa shape index (κ2) is 7.23. The molecule has 6 heteroatoms. The van der Waals surface area contributed by atoms with Crippen molar-refractivity contribution in [3.05, 3.63) is 18.2 Å². The normalized spacial score (nSPS) is 24.5. The van der Waals surface area contributed by atoms with Crippen LogP contribution >= 0.6 is 0 Å². The van der Waals surface area contributed by atoms with E-state index in [0.717, 1.165) is 44.8 Å². The molecular formula is C18H31N5O. The number of aromatic nitrogens is 2. The van der Waals surface area contributed by atoms with Gasteiger partial charge in [-0.25, -0.2) is 4.98 Å². The van der Waals surface area contributed by atoms with Crippen molar-refractivity contribution >= 4 is 5.91 Å². The molecule has 0 radical (unpaired) electrons. The number of carbonyl (C=O) groups is 1. The van der Waals surface area contributed by atoms with Crippen LogP contribution in [0.5, 0.6) is 0 Å². The number of hydrogen-bond donors (Lipinski definition) is 1. The minimum Gasteiger partial charge on any atom is -0.347 e. The summed E-state index contributed by atoms with van der Waals surface area (Å²) in [7, 11) is 4.10. The molecule has 1 amide bonds. The van der Waals surface area contributed by atoms with Gasteiger partial charge >= 0.3 is 0 Å². The number of piperidine rings is 1. The third-order valence-electron chi connectivity index (χ3n) is 5.77. The SMILES string of the molecule is CCCN1CC2(CCN(C)CC2)C[C@H]1C(=O)N(C)Cc1ncc[nH]1. The molecule has 6 nitrogen and oxygen atoms in total. The number of rotatable bonds is 5. The van der Waals surface area contributed by atoms with Crippen molar-refractivity contribution in [1.82, 2.24) is 24.7 Å². The first-order valence-corrected chi connectivity index (χ1v) is 9.19. The molecule has 1 atom stereocenters. The third-order valence-corrected chi connectivity index (χ3v) is 5.77. The zero-order valence-electron chi connectivity index (χ0n) is 15.3. The van der Waals surface area contributed by atoms with E-state index in [-0.39, 0.29) is 11.9 Å². The van der Waals surface area contributed by atoms with Crippen LogP contribution in [0.15, 0.2) is 12.4 Å². The van der Waals surface area contributed by atoms with Crippen LogP contribution in [0.3, 0.4) is 0 Å². The Morgan fingerprint density at radius 2 is 2.21 bits per heavy atom. The molecule has 1 aromatic heterocycles. The summed E-state index contributed by atoms with van der Waals surface area (Å²) in [4.78, 5) is 27.1. The molecule has 0 aromatic carbocycles. The van der Waals surface area contributed by atoms with Gasteiger partial charge in [0.15, 0.2) is 0 Å². The van der Waals surface area contributed by atoms with Crippen molar-refractivity contribution in [2.24, 2.45) is 5.41 Å². The summed E-state index contributed by atoms with van der Waals surface area (Å²) < 4.78 is 0. The van der Waals surface area contributed by atoms with Crippen LogP contribution in [0.1, 0.15) is 38.4 Å². The second-order valence-electron chi connectivity index (χ2n) is 7.72. The number of amides is 1. The van der Waals surface area contributed by atoms with Gasteiger partial charge in [0, 0.05) is 26.0 Å². The first-order chi connectivity index (χ1) is 11.5. The van der Waals surface area contributed by atoms with Gasteiger partial charge in [-0.05, 0) is 57.8 Å². The lowest BCUT2D eigenvalue weighted by molar-refractivity contribution is -0.135. The summed E-state index contributed by atoms with van der Waals surface area (Å²) in [5.41, 5.74) is 0.341. The van der Waals surface area contributed by atoms with Gasteiger partial charge in [0.2, 0.25) is 5.91 Å². The van der Waals surface area contributed by atoms with Gasteiger partial charge in [-0.15, -0.1) is 0 Å². The van der Waals surface area contributed by atoms with Crippen LogP contribution in [0, 0.1) is 5.41 Å². The maximum absolute atomic E-state index is 13.1. The molecular weight excluding hydrogens is 302 g/mol. The van der Waals surface area contributed by atoms with E-state index < -0.39 is 0 Å². The molecule has 2 aliphatic heterocycles. The number of nitrogens with one attached hydrogen (secondary N) is 1. The molecule has 24 heavy (non-hydrogen) atoms. The summed E-state index contributed by atoms with van der Waals surface area (Å²) in [6.07, 6.45) is 8.09. The van der Waals surface area contributed by atoms with E-state index in [2.05, 4.69) is 33.7 Å². The number of likely N-dealkylation sites (tertiary alicyclic amines) is 2. The Morgan fingerprint density at radius 1 is 1.46 bits per heavy atom. The smallest absolute Gasteiger partial charge is 0.240 e. The zero-order chi connectivity index (χ0) is 17.2. The summed E-state index contributed by atoms with van der Waals surface area (Å²) >= 11 is 0. The van der Waals surface area contributed by atoms with E-state index in [9.17, 15) is 4.79 Å². The topological polar surface area (TPSA) is 55.5 Å². The van der Waals surface area contributed by atoms with E-state index in [4.69, 9.17) is 0 Å². The number of imidazole rings is 1. The lowest BCUT2D eigenvalue weighted by atomic mass is 9.76. The van der Waals surface area contributed by atoms with Crippen LogP contribution in [0.4, 0.5) is 0 Å². The highest BCUT2D eigenvalue weighted by Gasteiger charge is 2.47. The van der Waals surface area contributed by atoms with E-state index >= 15 is 0 Å². The summed E-state index contributed by atoms with van der Waals surface area (Å²) in [6, 6.07) is 0.0355. The molecule has 1 N–H and O–H groups in total. The lowest BCUT2D eigenvalue weighted by Crippen LogP contribution is -2.44. The molecule has 0 unspecified atom stereocenters. The highest BCUT2D eigenvalue weighted by molar-refractivity contribution is 5.82. The molecule has 2 saturated heterocycles. The van der Waals surface area contributed by atoms with Crippen LogP contribution in [0.2, 0.25) is 0 Å². The number of likely N-dealkylation sites (N-methyl/N-ethyl adjacent to an activating group) is 1. The molecule has 0 bridgehead atoms. The summed E-state index contributed by atoms with van der Waals surface area (Å²) in [5, 5.41) is 0. The fraction of sp³-hybridized carbons (Fsp3) is 0.778. The van der Waals surface area contributed by atoms with E-state index in [1.54, 1.807) is 12.4 Å². The number of nitrogens with zero attached hydrogens (tertiary/aromatic N) is 4. The predicted molar refractivity (Wildman–Crippen MR) is 94.5 cm³/mol. The zero-order valence-corrected chi connectivity index (χ0v) is 15.3. The van der Waals surface area contributed by atoms with Crippen molar-refractivity contribution in [1.29, 1.82) is 0 Å². The molecule has 1 aromatic rings. The van der Waals surface area contributed by atoms with Gasteiger partial charge in [-0.2, -0.15) is 0 Å². The lowest BCUT2D eigenvalue weighted by Gasteiger charge is -2.37. The average Bonchev–Trinajstić information content (AvgIpc) is 3.19. The van der Waals surface area contributed by atoms with Gasteiger partial charge in [0.25, 0.3) is 0 Å². The maximum atomic E-state index is 13.1. The van der Waals surface area contributed by atoms with Gasteiger partial charge in [0.05, 0.1) is 12.6 Å². The van der Waals surface area contributed by atoms with Crippen molar-refractivity contribution < 1.29 is 4.79 Å². The van der Waals surface area contributed by atoms with Crippen LogP contribution < -0.4 is 0 Å². The van der Waals surface area contributed by atoms with Gasteiger partial charge in [-0.1, -0.05) is 6.92 Å². The molecule has 2 aliphatic rings. The fourth-order valence-electron chi connectivity index (χ4n) is 4.31. The van der Waals surface area contributed by atoms with Crippen molar-refractivity contribution in [3.8, 4) is 0 Å². The predicted octanol–water partition coefficient (Wildman–Crippen LogP) is 1.56. The van der Waals surface area contributed by atoms with Crippen LogP contribution in [-0.2, 0) is 11.3 Å². The monoisotopic (exact) mass is 333 g/mol. The highest BCUT2D eigenvalue weighted by atomic mass is 16.2. The number of aromatic amines is 1. The molecule has 3 rings (SSSR count). The largest absolute Gasteiger partial charge is 0.347 e. The van der Waals surface area contributed by atoms with Crippen LogP contribution in [-0.4, -0.2) is 76.9 Å². The number of hydrogen-bond acceptors (Lipinski definition) is 4. The van der Waals surface area contributed by atoms with E-state index in [1.807, 2.05) is 11.9 Å². The van der Waals surface area contributed by atoms with Gasteiger partial charge in [0.1, 0.15) is 5.82 Å². The van der Waals surface area contributed by atoms with Crippen molar-refractivity contribution in [2.45, 2.75) is 45.2 Å². The molecule has 134 valence electrons. The number of H-pyrrole nitrogens is 1. The third kappa shape index (κ3) is 3.64. The molecule has 2 fully saturated rings. The molecule has 0 aliphatic carbocycles. The second-order valence-corrected chi connectivity index (χ2v) is 7.72. The number of carbonyl (C=O) groups excluding carboxylic acids is 1. The first-order valence-electron chi connectivity index (χ1n) is 9.19. The van der Waals surface area contributed by atoms with Crippen molar-refractivity contribution in [3.63, 3.8) is 0 Å². The minimum absolute atomic E-state index is 0.0355. The Bertz CT molecular complexity index is 536. The fourth-order valence-corrected chi connectivity index (χ4v) is 4.31. The Morgan fingerprint density at radius 3 is 2.83 bits per heavy atom. The highest BCUT2D eigenvalue weighted by Crippen LogP contribution is 2.43. The summed E-state index contributed by atoms with van der Waals surface area (Å²) in [5.74, 6) is 1.09. The van der Waals surface area contributed by atoms with Gasteiger partial charge < -0.3 is 14.8 Å². The molecule has 1 spiro atoms. The molecule has 0 saturated carbocycles. The quantitative estimate of drug-likeness (QED) is 0.889. The average molecular weight is 333 g/mol. The first kappa shape index (κ1) is 17.4. The Hall–Kier alpha value is -1.40. The summed E-state index contributed by atoms with van der Waals surface area (Å²) in [6.45, 7) is 7.17. The standard InChI is InChI=1S/C18H31N5O/c1-4-9-23-14-18(5-10-21(2)11-6-18)12-15(23)17(24)22(3)13-16-19-7-8-20-16/h7-8,15H,4-6,9-14H2,1-3H3,(H,19,20)/t15-/m0/s1. The van der Waals surface area contributed by atoms with E-state index in [0.29, 0.717) is 12.0 Å². The maximum Gasteiger partial charge on any atom is 0.240 e. The molecule has 3 heterocycles. The Balaban J connectivity index is 1.68. The van der Waals surface area contributed by atoms with Gasteiger partial charge in [-0.3, -0.25) is 9.69 Å². The Kier molecular flexibility index (Phi) is 5.25. The van der Waals surface area contributed by atoms with Crippen molar-refractivity contribution in [2.75, 3.05) is 40.3 Å². The van der Waals surface area contributed by atoms with E-state index in [1.165, 1.54) is 12.8 Å². The minimum atomic E-state index is 0.0355. The van der Waals surface area contributed by atoms with Crippen LogP contribution in [0.25, 0.3) is 0 Å². The Labute approximate surface area is 145 Å².